The van der Waals surface area contributed by atoms with Crippen molar-refractivity contribution in [3.63, 3.8) is 0 Å². The molecule has 1 unspecified atom stereocenters. The molecule has 6 rings (SSSR count). The number of carbonyl (C=O) groups is 1. The maximum atomic E-state index is 13.7. The Morgan fingerprint density at radius 1 is 0.786 bits per heavy atom. The van der Waals surface area contributed by atoms with E-state index in [-0.39, 0.29) is 12.2 Å². The van der Waals surface area contributed by atoms with Gasteiger partial charge in [0.1, 0.15) is 6.17 Å². The SMILES string of the molecule is O=C1N(c2ccccc2)c2nc3cccc4c3n2C(C=C4)N1c1ccccc1. The quantitative estimate of drug-likeness (QED) is 0.482. The van der Waals surface area contributed by atoms with Crippen LogP contribution < -0.4 is 9.80 Å². The zero-order chi connectivity index (χ0) is 18.7. The standard InChI is InChI=1S/C23H16N4O/c28-23-25(17-9-3-1-4-10-17)20-15-14-16-8-7-13-19-21(16)27(20)22(24-19)26(23)18-11-5-2-6-12-18/h1-15,20H. The number of rotatable bonds is 2. The highest BCUT2D eigenvalue weighted by Crippen LogP contribution is 2.43. The highest BCUT2D eigenvalue weighted by atomic mass is 16.2. The third-order valence-corrected chi connectivity index (χ3v) is 5.35. The molecule has 0 saturated heterocycles. The first-order chi connectivity index (χ1) is 13.8. The fourth-order valence-corrected chi connectivity index (χ4v) is 4.14. The number of carbonyl (C=O) groups excluding carboxylic acids is 1. The molecule has 0 bridgehead atoms. The van der Waals surface area contributed by atoms with E-state index < -0.39 is 0 Å². The average Bonchev–Trinajstić information content (AvgIpc) is 3.13. The summed E-state index contributed by atoms with van der Waals surface area (Å²) in [4.78, 5) is 22.1. The van der Waals surface area contributed by atoms with Gasteiger partial charge in [0.05, 0.1) is 16.7 Å². The number of aromatic nitrogens is 2. The van der Waals surface area contributed by atoms with Crippen LogP contribution in [0.5, 0.6) is 0 Å². The first kappa shape index (κ1) is 15.2. The number of amides is 2. The first-order valence-corrected chi connectivity index (χ1v) is 9.25. The molecular weight excluding hydrogens is 348 g/mol. The highest BCUT2D eigenvalue weighted by Gasteiger charge is 2.41. The number of nitrogens with zero attached hydrogens (tertiary/aromatic N) is 4. The van der Waals surface area contributed by atoms with Crippen molar-refractivity contribution in [2.45, 2.75) is 6.17 Å². The third kappa shape index (κ3) is 1.96. The van der Waals surface area contributed by atoms with E-state index in [1.807, 2.05) is 77.7 Å². The third-order valence-electron chi connectivity index (χ3n) is 5.35. The van der Waals surface area contributed by atoms with Crippen LogP contribution in [0.3, 0.4) is 0 Å². The Balaban J connectivity index is 1.68. The normalized spacial score (nSPS) is 17.4. The van der Waals surface area contributed by atoms with Crippen LogP contribution in [0.1, 0.15) is 11.7 Å². The summed E-state index contributed by atoms with van der Waals surface area (Å²) in [6.45, 7) is 0. The summed E-state index contributed by atoms with van der Waals surface area (Å²) in [5.74, 6) is 0.653. The lowest BCUT2D eigenvalue weighted by Gasteiger charge is -2.41. The summed E-state index contributed by atoms with van der Waals surface area (Å²) < 4.78 is 2.16. The number of benzene rings is 3. The Morgan fingerprint density at radius 3 is 2.25 bits per heavy atom. The Hall–Kier alpha value is -3.86. The zero-order valence-electron chi connectivity index (χ0n) is 14.9. The van der Waals surface area contributed by atoms with Gasteiger partial charge in [-0.05, 0) is 36.4 Å². The van der Waals surface area contributed by atoms with E-state index in [1.165, 1.54) is 0 Å². The molecule has 0 fully saturated rings. The van der Waals surface area contributed by atoms with Gasteiger partial charge in [0.25, 0.3) is 0 Å². The molecule has 3 heterocycles. The molecule has 4 aromatic rings. The number of urea groups is 1. The molecule has 2 aliphatic heterocycles. The summed E-state index contributed by atoms with van der Waals surface area (Å²) in [5, 5.41) is 0. The Labute approximate surface area is 161 Å². The second-order valence-electron chi connectivity index (χ2n) is 6.93. The van der Waals surface area contributed by atoms with Gasteiger partial charge in [-0.2, -0.15) is 0 Å². The van der Waals surface area contributed by atoms with Crippen LogP contribution in [0.2, 0.25) is 0 Å². The second-order valence-corrected chi connectivity index (χ2v) is 6.93. The van der Waals surface area contributed by atoms with Crippen molar-refractivity contribution in [1.82, 2.24) is 9.55 Å². The van der Waals surface area contributed by atoms with E-state index in [2.05, 4.69) is 22.8 Å². The monoisotopic (exact) mass is 364 g/mol. The van der Waals surface area contributed by atoms with Crippen molar-refractivity contribution in [3.05, 3.63) is 90.5 Å². The molecule has 134 valence electrons. The van der Waals surface area contributed by atoms with E-state index in [0.717, 1.165) is 28.0 Å². The zero-order valence-corrected chi connectivity index (χ0v) is 14.9. The van der Waals surface area contributed by atoms with Gasteiger partial charge in [0.15, 0.2) is 0 Å². The van der Waals surface area contributed by atoms with Gasteiger partial charge in [-0.25, -0.2) is 14.7 Å². The molecule has 2 aliphatic rings. The molecule has 1 aromatic heterocycles. The van der Waals surface area contributed by atoms with Gasteiger partial charge in [0, 0.05) is 11.3 Å². The number of hydrogen-bond donors (Lipinski definition) is 0. The summed E-state index contributed by atoms with van der Waals surface area (Å²) in [7, 11) is 0. The van der Waals surface area contributed by atoms with Crippen molar-refractivity contribution < 1.29 is 4.79 Å². The van der Waals surface area contributed by atoms with Crippen LogP contribution in [-0.2, 0) is 0 Å². The predicted octanol–water partition coefficient (Wildman–Crippen LogP) is 5.34. The summed E-state index contributed by atoms with van der Waals surface area (Å²) in [6, 6.07) is 25.5. The van der Waals surface area contributed by atoms with E-state index in [9.17, 15) is 4.79 Å². The Bertz CT molecular complexity index is 1240. The molecule has 0 spiro atoms. The van der Waals surface area contributed by atoms with Crippen molar-refractivity contribution in [3.8, 4) is 0 Å². The van der Waals surface area contributed by atoms with E-state index in [1.54, 1.807) is 4.90 Å². The number of para-hydroxylation sites is 3. The summed E-state index contributed by atoms with van der Waals surface area (Å²) in [6.07, 6.45) is 3.91. The lowest BCUT2D eigenvalue weighted by molar-refractivity contribution is 0.247. The molecule has 1 atom stereocenters. The van der Waals surface area contributed by atoms with Crippen molar-refractivity contribution in [1.29, 1.82) is 0 Å². The molecule has 0 radical (unpaired) electrons. The van der Waals surface area contributed by atoms with Crippen molar-refractivity contribution in [2.24, 2.45) is 0 Å². The molecule has 5 nitrogen and oxygen atoms in total. The number of anilines is 3. The maximum absolute atomic E-state index is 13.7. The van der Waals surface area contributed by atoms with Crippen molar-refractivity contribution in [2.75, 3.05) is 9.80 Å². The number of imidazole rings is 1. The molecule has 0 N–H and O–H groups in total. The van der Waals surface area contributed by atoms with E-state index in [4.69, 9.17) is 4.98 Å². The lowest BCUT2D eigenvalue weighted by atomic mass is 10.1. The molecular formula is C23H16N4O. The average molecular weight is 364 g/mol. The lowest BCUT2D eigenvalue weighted by Crippen LogP contribution is -2.50. The van der Waals surface area contributed by atoms with Crippen LogP contribution in [-0.4, -0.2) is 15.6 Å². The fourth-order valence-electron chi connectivity index (χ4n) is 4.14. The minimum atomic E-state index is -0.246. The van der Waals surface area contributed by atoms with Crippen LogP contribution in [0, 0.1) is 0 Å². The minimum Gasteiger partial charge on any atom is -0.284 e. The van der Waals surface area contributed by atoms with Gasteiger partial charge in [-0.15, -0.1) is 0 Å². The van der Waals surface area contributed by atoms with Crippen LogP contribution >= 0.6 is 0 Å². The fraction of sp³-hybridized carbons (Fsp3) is 0.0435. The summed E-state index contributed by atoms with van der Waals surface area (Å²) >= 11 is 0. The van der Waals surface area contributed by atoms with Crippen LogP contribution in [0.4, 0.5) is 22.1 Å². The number of hydrogen-bond acceptors (Lipinski definition) is 2. The Kier molecular flexibility index (Phi) is 3.03. The Morgan fingerprint density at radius 2 is 1.50 bits per heavy atom. The minimum absolute atomic E-state index is 0.113. The maximum Gasteiger partial charge on any atom is 0.337 e. The van der Waals surface area contributed by atoms with Gasteiger partial charge in [0.2, 0.25) is 5.95 Å². The predicted molar refractivity (Wildman–Crippen MR) is 111 cm³/mol. The van der Waals surface area contributed by atoms with E-state index >= 15 is 0 Å². The van der Waals surface area contributed by atoms with Gasteiger partial charge in [-0.3, -0.25) is 9.47 Å². The smallest absolute Gasteiger partial charge is 0.284 e. The van der Waals surface area contributed by atoms with Gasteiger partial charge < -0.3 is 0 Å². The van der Waals surface area contributed by atoms with E-state index in [0.29, 0.717) is 5.95 Å². The summed E-state index contributed by atoms with van der Waals surface area (Å²) in [5.41, 5.74) is 4.72. The second kappa shape index (κ2) is 5.57. The first-order valence-electron chi connectivity index (χ1n) is 9.25. The van der Waals surface area contributed by atoms with Crippen LogP contribution in [0.25, 0.3) is 17.1 Å². The molecule has 5 heteroatoms. The van der Waals surface area contributed by atoms with Gasteiger partial charge in [-0.1, -0.05) is 54.6 Å². The van der Waals surface area contributed by atoms with Crippen molar-refractivity contribution >= 4 is 40.5 Å². The molecule has 28 heavy (non-hydrogen) atoms. The largest absolute Gasteiger partial charge is 0.337 e. The van der Waals surface area contributed by atoms with Gasteiger partial charge >= 0.3 is 6.03 Å². The molecule has 3 aromatic carbocycles. The van der Waals surface area contributed by atoms with Crippen LogP contribution in [0.15, 0.2) is 84.9 Å². The highest BCUT2D eigenvalue weighted by molar-refractivity contribution is 6.11. The molecule has 0 saturated carbocycles. The molecule has 2 amide bonds. The molecule has 0 aliphatic carbocycles. The topological polar surface area (TPSA) is 41.4 Å².